The molecule has 0 saturated heterocycles. The molecule has 2 aromatic carbocycles. The van der Waals surface area contributed by atoms with Crippen LogP contribution in [0.5, 0.6) is 0 Å². The van der Waals surface area contributed by atoms with Crippen LogP contribution in [0.1, 0.15) is 16.7 Å². The van der Waals surface area contributed by atoms with Crippen molar-refractivity contribution in [1.29, 1.82) is 5.26 Å². The molecule has 11 heteroatoms. The van der Waals surface area contributed by atoms with Crippen molar-refractivity contribution in [1.82, 2.24) is 27.8 Å². The van der Waals surface area contributed by atoms with Gasteiger partial charge in [-0.25, -0.2) is 9.18 Å². The van der Waals surface area contributed by atoms with E-state index < -0.39 is 17.1 Å². The molecule has 180 valence electrons. The number of benzene rings is 2. The van der Waals surface area contributed by atoms with Gasteiger partial charge in [0, 0.05) is 29.7 Å². The number of halogens is 1. The van der Waals surface area contributed by atoms with Crippen molar-refractivity contribution in [2.45, 2.75) is 13.1 Å². The van der Waals surface area contributed by atoms with Gasteiger partial charge in [0.2, 0.25) is 0 Å². The average molecular weight is 510 g/mol. The lowest BCUT2D eigenvalue weighted by Gasteiger charge is -2.15. The van der Waals surface area contributed by atoms with Gasteiger partial charge in [-0.2, -0.15) is 14.0 Å². The van der Waals surface area contributed by atoms with E-state index in [0.29, 0.717) is 33.3 Å². The largest absolute Gasteiger partial charge is 0.355 e. The molecule has 0 saturated carbocycles. The van der Waals surface area contributed by atoms with Crippen LogP contribution in [0.2, 0.25) is 0 Å². The Bertz CT molecular complexity index is 1970. The van der Waals surface area contributed by atoms with Gasteiger partial charge in [-0.15, -0.1) is 0 Å². The van der Waals surface area contributed by atoms with Crippen molar-refractivity contribution < 1.29 is 4.39 Å². The number of hydrogen-bond donors (Lipinski definition) is 1. The number of pyridine rings is 1. The van der Waals surface area contributed by atoms with Gasteiger partial charge in [-0.05, 0) is 35.4 Å². The normalized spacial score (nSPS) is 11.2. The fourth-order valence-corrected chi connectivity index (χ4v) is 5.00. The maximum absolute atomic E-state index is 14.6. The second kappa shape index (κ2) is 8.92. The van der Waals surface area contributed by atoms with Gasteiger partial charge in [-0.1, -0.05) is 24.3 Å². The van der Waals surface area contributed by atoms with E-state index in [-0.39, 0.29) is 24.1 Å². The number of aromatic amines is 1. The summed E-state index contributed by atoms with van der Waals surface area (Å²) in [5.74, 6) is -0.572. The Labute approximate surface area is 212 Å². The number of rotatable bonds is 5. The molecule has 0 fully saturated rings. The van der Waals surface area contributed by atoms with Crippen molar-refractivity contribution in [3.63, 3.8) is 0 Å². The Morgan fingerprint density at radius 2 is 1.92 bits per heavy atom. The molecule has 0 bridgehead atoms. The molecule has 0 spiro atoms. The van der Waals surface area contributed by atoms with Crippen LogP contribution in [0.4, 0.5) is 4.39 Å². The number of nitrogens with zero attached hydrogens (tertiary/aromatic N) is 6. The molecule has 4 aromatic heterocycles. The van der Waals surface area contributed by atoms with Crippen LogP contribution in [-0.2, 0) is 13.1 Å². The van der Waals surface area contributed by atoms with Gasteiger partial charge in [0.15, 0.2) is 5.82 Å². The van der Waals surface area contributed by atoms with Crippen molar-refractivity contribution in [3.05, 3.63) is 110 Å². The number of nitriles is 1. The van der Waals surface area contributed by atoms with Crippen molar-refractivity contribution in [2.75, 3.05) is 0 Å². The Morgan fingerprint density at radius 1 is 1.05 bits per heavy atom. The number of nitrogens with one attached hydrogen (secondary N) is 1. The van der Waals surface area contributed by atoms with Crippen LogP contribution < -0.4 is 11.2 Å². The molecule has 0 atom stereocenters. The molecule has 9 nitrogen and oxygen atoms in total. The third kappa shape index (κ3) is 3.80. The first-order chi connectivity index (χ1) is 18.0. The molecule has 6 rings (SSSR count). The van der Waals surface area contributed by atoms with Gasteiger partial charge >= 0.3 is 5.69 Å². The standard InChI is InChI=1S/C26H16FN7O2S/c27-20-8-15(9-21-22(20)32-37-31-21)13-34-25(35)23-24(19(12-30-23)17-6-3-7-29-11-17)33(26(34)36)14-18-5-2-1-4-16(18)10-28/h1-9,11-12,30H,13-14H2. The molecule has 4 heterocycles. The quantitative estimate of drug-likeness (QED) is 0.378. The predicted molar refractivity (Wildman–Crippen MR) is 137 cm³/mol. The van der Waals surface area contributed by atoms with Gasteiger partial charge in [0.1, 0.15) is 16.6 Å². The molecule has 0 amide bonds. The van der Waals surface area contributed by atoms with E-state index in [4.69, 9.17) is 0 Å². The highest BCUT2D eigenvalue weighted by molar-refractivity contribution is 7.00. The summed E-state index contributed by atoms with van der Waals surface area (Å²) in [6.45, 7) is -0.118. The van der Waals surface area contributed by atoms with Crippen LogP contribution >= 0.6 is 11.7 Å². The third-order valence-corrected chi connectivity index (χ3v) is 6.74. The summed E-state index contributed by atoms with van der Waals surface area (Å²) >= 11 is 0.887. The summed E-state index contributed by atoms with van der Waals surface area (Å²) in [5, 5.41) is 9.61. The molecule has 37 heavy (non-hydrogen) atoms. The van der Waals surface area contributed by atoms with Crippen molar-refractivity contribution >= 4 is 33.8 Å². The summed E-state index contributed by atoms with van der Waals surface area (Å²) in [7, 11) is 0. The second-order valence-corrected chi connectivity index (χ2v) is 8.93. The zero-order valence-electron chi connectivity index (χ0n) is 19.1. The third-order valence-electron chi connectivity index (χ3n) is 6.20. The van der Waals surface area contributed by atoms with Crippen LogP contribution in [0.25, 0.3) is 33.2 Å². The van der Waals surface area contributed by atoms with Gasteiger partial charge in [0.25, 0.3) is 5.56 Å². The lowest BCUT2D eigenvalue weighted by molar-refractivity contribution is 0.618. The first-order valence-electron chi connectivity index (χ1n) is 11.2. The van der Waals surface area contributed by atoms with Crippen molar-refractivity contribution in [3.8, 4) is 17.2 Å². The average Bonchev–Trinajstić information content (AvgIpc) is 3.58. The first-order valence-corrected chi connectivity index (χ1v) is 11.9. The summed E-state index contributed by atoms with van der Waals surface area (Å²) in [6.07, 6.45) is 4.94. The number of H-pyrrole nitrogens is 1. The highest BCUT2D eigenvalue weighted by atomic mass is 32.1. The molecule has 0 aliphatic heterocycles. The summed E-state index contributed by atoms with van der Waals surface area (Å²) < 4.78 is 25.1. The highest BCUT2D eigenvalue weighted by Crippen LogP contribution is 2.27. The topological polar surface area (TPSA) is 122 Å². The van der Waals surface area contributed by atoms with E-state index in [1.807, 2.05) is 6.07 Å². The number of hydrogen-bond acceptors (Lipinski definition) is 7. The highest BCUT2D eigenvalue weighted by Gasteiger charge is 2.20. The van der Waals surface area contributed by atoms with E-state index in [2.05, 4.69) is 24.8 Å². The zero-order chi connectivity index (χ0) is 25.5. The molecule has 0 radical (unpaired) electrons. The zero-order valence-corrected chi connectivity index (χ0v) is 19.9. The minimum absolute atomic E-state index is 0.0495. The fraction of sp³-hybridized carbons (Fsp3) is 0.0769. The van der Waals surface area contributed by atoms with E-state index >= 15 is 0 Å². The van der Waals surface area contributed by atoms with Crippen LogP contribution in [0, 0.1) is 17.1 Å². The Morgan fingerprint density at radius 3 is 2.73 bits per heavy atom. The fourth-order valence-electron chi connectivity index (χ4n) is 4.47. The smallest absolute Gasteiger partial charge is 0.332 e. The summed E-state index contributed by atoms with van der Waals surface area (Å²) in [6, 6.07) is 15.6. The second-order valence-electron chi connectivity index (χ2n) is 8.41. The molecular weight excluding hydrogens is 493 g/mol. The lowest BCUT2D eigenvalue weighted by Crippen LogP contribution is -2.40. The minimum atomic E-state index is -0.591. The van der Waals surface area contributed by atoms with E-state index in [1.54, 1.807) is 55.0 Å². The molecular formula is C26H16FN7O2S. The van der Waals surface area contributed by atoms with E-state index in [0.717, 1.165) is 21.9 Å². The Hall–Kier alpha value is -4.95. The van der Waals surface area contributed by atoms with Crippen LogP contribution in [0.15, 0.2) is 76.7 Å². The first kappa shape index (κ1) is 22.5. The molecule has 0 unspecified atom stereocenters. The van der Waals surface area contributed by atoms with Crippen LogP contribution in [0.3, 0.4) is 0 Å². The van der Waals surface area contributed by atoms with Crippen molar-refractivity contribution in [2.24, 2.45) is 0 Å². The van der Waals surface area contributed by atoms with E-state index in [1.165, 1.54) is 10.6 Å². The Balaban J connectivity index is 1.60. The lowest BCUT2D eigenvalue weighted by atomic mass is 10.1. The summed E-state index contributed by atoms with van der Waals surface area (Å²) in [5.41, 5.74) is 2.77. The maximum Gasteiger partial charge on any atom is 0.332 e. The van der Waals surface area contributed by atoms with Gasteiger partial charge in [-0.3, -0.25) is 18.9 Å². The molecule has 0 aliphatic carbocycles. The molecule has 0 aliphatic rings. The van der Waals surface area contributed by atoms with Gasteiger partial charge in [0.05, 0.1) is 42.0 Å². The maximum atomic E-state index is 14.6. The number of aromatic nitrogens is 6. The van der Waals surface area contributed by atoms with E-state index in [9.17, 15) is 19.2 Å². The van der Waals surface area contributed by atoms with Crippen LogP contribution in [-0.4, -0.2) is 27.8 Å². The monoisotopic (exact) mass is 509 g/mol. The number of fused-ring (bicyclic) bond motifs is 2. The predicted octanol–water partition coefficient (Wildman–Crippen LogP) is 3.67. The molecule has 1 N–H and O–H groups in total. The molecule has 6 aromatic rings. The minimum Gasteiger partial charge on any atom is -0.355 e. The summed E-state index contributed by atoms with van der Waals surface area (Å²) in [4.78, 5) is 34.6. The SMILES string of the molecule is N#Cc1ccccc1Cn1c(=O)n(Cc2cc(F)c3nsnc3c2)c(=O)c2[nH]cc(-c3cccnc3)c21. The van der Waals surface area contributed by atoms with Gasteiger partial charge < -0.3 is 4.98 Å². The Kier molecular flexibility index (Phi) is 5.43.